The summed E-state index contributed by atoms with van der Waals surface area (Å²) >= 11 is 0. The highest BCUT2D eigenvalue weighted by atomic mass is 32.2. The van der Waals surface area contributed by atoms with E-state index in [0.717, 1.165) is 0 Å². The van der Waals surface area contributed by atoms with Crippen molar-refractivity contribution in [2.45, 2.75) is 26.4 Å². The Morgan fingerprint density at radius 2 is 1.96 bits per heavy atom. The van der Waals surface area contributed by atoms with Crippen molar-refractivity contribution in [1.29, 1.82) is 0 Å². The first-order chi connectivity index (χ1) is 13.0. The molecule has 2 N–H and O–H groups in total. The van der Waals surface area contributed by atoms with E-state index in [9.17, 15) is 18.3 Å². The van der Waals surface area contributed by atoms with Gasteiger partial charge in [-0.2, -0.15) is 8.42 Å². The molecule has 1 fully saturated rings. The summed E-state index contributed by atoms with van der Waals surface area (Å²) < 4.78 is 52.5. The average molecular weight is 412 g/mol. The van der Waals surface area contributed by atoms with Crippen LogP contribution < -0.4 is 13.8 Å². The zero-order chi connectivity index (χ0) is 20.7. The predicted octanol–water partition coefficient (Wildman–Crippen LogP) is 2.06. The molecule has 0 aromatic heterocycles. The van der Waals surface area contributed by atoms with E-state index in [4.69, 9.17) is 9.47 Å². The van der Waals surface area contributed by atoms with Crippen LogP contribution in [0.15, 0.2) is 24.3 Å². The van der Waals surface area contributed by atoms with Crippen molar-refractivity contribution in [2.75, 3.05) is 24.1 Å². The molecule has 10 heteroatoms. The second-order valence-corrected chi connectivity index (χ2v) is 8.88. The molecule has 1 aliphatic rings. The Morgan fingerprint density at radius 1 is 1.25 bits per heavy atom. The summed E-state index contributed by atoms with van der Waals surface area (Å²) in [5.41, 5.74) is -0.892. The summed E-state index contributed by atoms with van der Waals surface area (Å²) in [7, 11) is -4.26. The fourth-order valence-corrected chi connectivity index (χ4v) is 3.95. The van der Waals surface area contributed by atoms with E-state index in [1.807, 2.05) is 20.8 Å². The maximum Gasteiger partial charge on any atom is 0.326 e. The molecule has 1 heterocycles. The highest BCUT2D eigenvalue weighted by Crippen LogP contribution is 2.39. The number of hydrogen-bond acceptors (Lipinski definition) is 6. The van der Waals surface area contributed by atoms with Crippen LogP contribution in [0.3, 0.4) is 0 Å². The molecule has 1 aliphatic heterocycles. The van der Waals surface area contributed by atoms with Crippen LogP contribution in [-0.2, 0) is 19.7 Å². The van der Waals surface area contributed by atoms with Crippen molar-refractivity contribution in [1.82, 2.24) is 4.72 Å². The maximum absolute atomic E-state index is 15.1. The Bertz CT molecular complexity index is 1030. The van der Waals surface area contributed by atoms with E-state index in [-0.39, 0.29) is 17.6 Å². The lowest BCUT2D eigenvalue weighted by molar-refractivity contribution is -0.117. The molecule has 152 valence electrons. The van der Waals surface area contributed by atoms with Crippen molar-refractivity contribution in [3.8, 4) is 11.5 Å². The maximum atomic E-state index is 15.1. The third-order valence-electron chi connectivity index (χ3n) is 3.96. The molecule has 0 atom stereocenters. The SMILES string of the molecule is CC(C)(C)OCCOc1ccc2cc(O)c(N3CC(=O)NS3(=O)=O)c(F)c2c1. The Hall–Kier alpha value is -2.59. The van der Waals surface area contributed by atoms with E-state index in [1.165, 1.54) is 12.1 Å². The van der Waals surface area contributed by atoms with Crippen LogP contribution in [0.4, 0.5) is 10.1 Å². The topological polar surface area (TPSA) is 105 Å². The summed E-state index contributed by atoms with van der Waals surface area (Å²) in [6.07, 6.45) is 0. The zero-order valence-corrected chi connectivity index (χ0v) is 16.5. The summed E-state index contributed by atoms with van der Waals surface area (Å²) in [4.78, 5) is 11.4. The Labute approximate surface area is 162 Å². The number of phenols is 1. The van der Waals surface area contributed by atoms with Gasteiger partial charge in [-0.05, 0) is 44.4 Å². The third-order valence-corrected chi connectivity index (χ3v) is 5.34. The second-order valence-electron chi connectivity index (χ2n) is 7.29. The van der Waals surface area contributed by atoms with Crippen LogP contribution in [0.2, 0.25) is 0 Å². The molecule has 1 saturated heterocycles. The van der Waals surface area contributed by atoms with Gasteiger partial charge in [-0.15, -0.1) is 0 Å². The lowest BCUT2D eigenvalue weighted by atomic mass is 10.1. The minimum atomic E-state index is -4.26. The van der Waals surface area contributed by atoms with Gasteiger partial charge in [0.15, 0.2) is 5.82 Å². The Morgan fingerprint density at radius 3 is 2.57 bits per heavy atom. The van der Waals surface area contributed by atoms with Crippen molar-refractivity contribution >= 4 is 32.6 Å². The number of hydrogen-bond donors (Lipinski definition) is 2. The lowest BCUT2D eigenvalue weighted by Gasteiger charge is -2.20. The van der Waals surface area contributed by atoms with E-state index in [1.54, 1.807) is 16.9 Å². The summed E-state index contributed by atoms with van der Waals surface area (Å²) in [5, 5.41) is 10.6. The molecule has 0 spiro atoms. The minimum absolute atomic E-state index is 0.0524. The third kappa shape index (κ3) is 4.12. The normalized spacial score (nSPS) is 16.4. The fraction of sp³-hybridized carbons (Fsp3) is 0.389. The second kappa shape index (κ2) is 7.10. The largest absolute Gasteiger partial charge is 0.506 e. The number of nitrogens with one attached hydrogen (secondary N) is 1. The number of carbonyl (C=O) groups excluding carboxylic acids is 1. The van der Waals surface area contributed by atoms with Gasteiger partial charge in [-0.3, -0.25) is 4.79 Å². The quantitative estimate of drug-likeness (QED) is 0.729. The van der Waals surface area contributed by atoms with Crippen LogP contribution in [0.5, 0.6) is 11.5 Å². The van der Waals surface area contributed by atoms with Gasteiger partial charge in [0.2, 0.25) is 0 Å². The molecule has 0 saturated carbocycles. The van der Waals surface area contributed by atoms with Crippen LogP contribution in [0, 0.1) is 5.82 Å². The van der Waals surface area contributed by atoms with Crippen molar-refractivity contribution in [3.05, 3.63) is 30.1 Å². The molecule has 28 heavy (non-hydrogen) atoms. The van der Waals surface area contributed by atoms with Crippen LogP contribution in [0.1, 0.15) is 20.8 Å². The Kier molecular flexibility index (Phi) is 5.11. The highest BCUT2D eigenvalue weighted by Gasteiger charge is 2.37. The van der Waals surface area contributed by atoms with Gasteiger partial charge in [-0.25, -0.2) is 13.4 Å². The van der Waals surface area contributed by atoms with E-state index in [2.05, 4.69) is 0 Å². The number of rotatable bonds is 5. The van der Waals surface area contributed by atoms with Crippen LogP contribution in [-0.4, -0.2) is 44.8 Å². The first-order valence-electron chi connectivity index (χ1n) is 8.53. The average Bonchev–Trinajstić information content (AvgIpc) is 2.83. The molecular formula is C18H21FN2O6S. The predicted molar refractivity (Wildman–Crippen MR) is 101 cm³/mol. The molecule has 2 aromatic carbocycles. The number of phenolic OH excluding ortho intramolecular Hbond substituents is 1. The fourth-order valence-electron chi connectivity index (χ4n) is 2.79. The van der Waals surface area contributed by atoms with Crippen molar-refractivity contribution in [2.24, 2.45) is 0 Å². The molecule has 8 nitrogen and oxygen atoms in total. The van der Waals surface area contributed by atoms with Gasteiger partial charge in [0, 0.05) is 5.39 Å². The first-order valence-corrected chi connectivity index (χ1v) is 9.97. The van der Waals surface area contributed by atoms with Gasteiger partial charge in [0.05, 0.1) is 12.2 Å². The molecular weight excluding hydrogens is 391 g/mol. The molecule has 0 radical (unpaired) electrons. The minimum Gasteiger partial charge on any atom is -0.506 e. The van der Waals surface area contributed by atoms with Crippen LogP contribution in [0.25, 0.3) is 10.8 Å². The van der Waals surface area contributed by atoms with Gasteiger partial charge in [-0.1, -0.05) is 6.07 Å². The molecule has 2 aromatic rings. The zero-order valence-electron chi connectivity index (χ0n) is 15.7. The van der Waals surface area contributed by atoms with Crippen LogP contribution >= 0.6 is 0 Å². The lowest BCUT2D eigenvalue weighted by Crippen LogP contribution is -2.30. The number of anilines is 1. The molecule has 1 amide bonds. The molecule has 0 unspecified atom stereocenters. The monoisotopic (exact) mass is 412 g/mol. The number of aromatic hydroxyl groups is 1. The van der Waals surface area contributed by atoms with Gasteiger partial charge >= 0.3 is 10.2 Å². The summed E-state index contributed by atoms with van der Waals surface area (Å²) in [6, 6.07) is 5.79. The summed E-state index contributed by atoms with van der Waals surface area (Å²) in [5.74, 6) is -2.00. The van der Waals surface area contributed by atoms with E-state index >= 15 is 4.39 Å². The van der Waals surface area contributed by atoms with Crippen molar-refractivity contribution in [3.63, 3.8) is 0 Å². The highest BCUT2D eigenvalue weighted by molar-refractivity contribution is 7.92. The van der Waals surface area contributed by atoms with E-state index < -0.39 is 39.9 Å². The number of amides is 1. The molecule has 3 rings (SSSR count). The van der Waals surface area contributed by atoms with Crippen molar-refractivity contribution < 1.29 is 32.2 Å². The Balaban J connectivity index is 1.92. The smallest absolute Gasteiger partial charge is 0.326 e. The summed E-state index contributed by atoms with van der Waals surface area (Å²) in [6.45, 7) is 5.72. The van der Waals surface area contributed by atoms with Gasteiger partial charge < -0.3 is 14.6 Å². The number of nitrogens with zero attached hydrogens (tertiary/aromatic N) is 1. The number of ether oxygens (including phenoxy) is 2. The van der Waals surface area contributed by atoms with Gasteiger partial charge in [0.25, 0.3) is 5.91 Å². The molecule has 0 aliphatic carbocycles. The standard InChI is InChI=1S/C18H21FN2O6S/c1-18(2,3)27-7-6-26-12-5-4-11-8-14(22)17(16(19)13(11)9-12)21-10-15(23)20-28(21,24)25/h4-5,8-9,22H,6-7,10H2,1-3H3,(H,20,23). The number of carbonyl (C=O) groups is 1. The number of benzene rings is 2. The first kappa shape index (κ1) is 20.2. The number of halogens is 1. The molecule has 0 bridgehead atoms. The van der Waals surface area contributed by atoms with E-state index in [0.29, 0.717) is 22.0 Å². The number of fused-ring (bicyclic) bond motifs is 1. The van der Waals surface area contributed by atoms with Gasteiger partial charge in [0.1, 0.15) is 30.3 Å².